The van der Waals surface area contributed by atoms with Crippen molar-refractivity contribution in [3.05, 3.63) is 23.7 Å². The van der Waals surface area contributed by atoms with E-state index in [1.165, 1.54) is 6.42 Å². The molecule has 2 atom stereocenters. The first-order chi connectivity index (χ1) is 8.81. The number of hydrogen-bond donors (Lipinski definition) is 2. The fourth-order valence-electron chi connectivity index (χ4n) is 2.08. The van der Waals surface area contributed by atoms with Crippen LogP contribution in [0.5, 0.6) is 0 Å². The number of nitrogens with one attached hydrogen (secondary N) is 1. The smallest absolute Gasteiger partial charge is 0.117 e. The normalized spacial score (nSPS) is 22.3. The summed E-state index contributed by atoms with van der Waals surface area (Å²) in [6, 6.07) is 4.17. The third kappa shape index (κ3) is 4.12. The molecule has 1 aromatic heterocycles. The van der Waals surface area contributed by atoms with E-state index in [2.05, 4.69) is 24.4 Å². The van der Waals surface area contributed by atoms with Crippen LogP contribution < -0.4 is 5.32 Å². The summed E-state index contributed by atoms with van der Waals surface area (Å²) in [6.07, 6.45) is 2.22. The predicted molar refractivity (Wildman–Crippen MR) is 69.5 cm³/mol. The van der Waals surface area contributed by atoms with Gasteiger partial charge >= 0.3 is 0 Å². The highest BCUT2D eigenvalue weighted by molar-refractivity contribution is 5.17. The van der Waals surface area contributed by atoms with Gasteiger partial charge in [-0.05, 0) is 37.4 Å². The number of rotatable bonds is 9. The van der Waals surface area contributed by atoms with Gasteiger partial charge in [-0.3, -0.25) is 0 Å². The molecule has 1 aliphatic carbocycles. The standard InChI is InChI=1S/C14H23NO3/c1-11-9-13(11)14-4-3-12(18-14)10-15-5-2-7-17-8-6-16/h3-4,11,13,15-16H,2,5-10H2,1H3. The van der Waals surface area contributed by atoms with Gasteiger partial charge in [-0.1, -0.05) is 6.92 Å². The monoisotopic (exact) mass is 253 g/mol. The maximum atomic E-state index is 8.54. The molecule has 0 bridgehead atoms. The molecule has 1 aliphatic rings. The van der Waals surface area contributed by atoms with E-state index in [9.17, 15) is 0 Å². The molecule has 2 N–H and O–H groups in total. The van der Waals surface area contributed by atoms with E-state index >= 15 is 0 Å². The van der Waals surface area contributed by atoms with Crippen molar-refractivity contribution in [2.75, 3.05) is 26.4 Å². The number of hydrogen-bond acceptors (Lipinski definition) is 4. The fraction of sp³-hybridized carbons (Fsp3) is 0.714. The summed E-state index contributed by atoms with van der Waals surface area (Å²) in [5.74, 6) is 3.61. The first-order valence-corrected chi connectivity index (χ1v) is 6.79. The molecule has 1 aromatic rings. The van der Waals surface area contributed by atoms with Crippen molar-refractivity contribution in [2.45, 2.75) is 32.2 Å². The molecule has 0 radical (unpaired) electrons. The molecule has 0 saturated heterocycles. The highest BCUT2D eigenvalue weighted by atomic mass is 16.5. The molecule has 1 fully saturated rings. The van der Waals surface area contributed by atoms with Crippen LogP contribution in [0.25, 0.3) is 0 Å². The van der Waals surface area contributed by atoms with Crippen LogP contribution in [-0.4, -0.2) is 31.5 Å². The van der Waals surface area contributed by atoms with Crippen molar-refractivity contribution >= 4 is 0 Å². The Balaban J connectivity index is 1.55. The quantitative estimate of drug-likeness (QED) is 0.660. The van der Waals surface area contributed by atoms with E-state index in [1.54, 1.807) is 0 Å². The number of furan rings is 1. The Hall–Kier alpha value is -0.840. The highest BCUT2D eigenvalue weighted by Gasteiger charge is 2.36. The maximum absolute atomic E-state index is 8.54. The second-order valence-corrected chi connectivity index (χ2v) is 4.99. The zero-order valence-corrected chi connectivity index (χ0v) is 11.0. The minimum atomic E-state index is 0.0994. The third-order valence-corrected chi connectivity index (χ3v) is 3.33. The van der Waals surface area contributed by atoms with Crippen molar-refractivity contribution < 1.29 is 14.3 Å². The average molecular weight is 253 g/mol. The van der Waals surface area contributed by atoms with Gasteiger partial charge < -0.3 is 19.6 Å². The second kappa shape index (κ2) is 6.92. The number of ether oxygens (including phenoxy) is 1. The van der Waals surface area contributed by atoms with Crippen LogP contribution in [-0.2, 0) is 11.3 Å². The Bertz CT molecular complexity index is 351. The molecule has 4 heteroatoms. The molecule has 0 aromatic carbocycles. The van der Waals surface area contributed by atoms with Gasteiger partial charge in [-0.25, -0.2) is 0 Å². The lowest BCUT2D eigenvalue weighted by molar-refractivity contribution is 0.0906. The van der Waals surface area contributed by atoms with Crippen LogP contribution in [0, 0.1) is 5.92 Å². The largest absolute Gasteiger partial charge is 0.464 e. The highest BCUT2D eigenvalue weighted by Crippen LogP contribution is 2.47. The van der Waals surface area contributed by atoms with Gasteiger partial charge in [0.2, 0.25) is 0 Å². The van der Waals surface area contributed by atoms with E-state index in [4.69, 9.17) is 14.3 Å². The van der Waals surface area contributed by atoms with E-state index in [0.717, 1.165) is 36.9 Å². The van der Waals surface area contributed by atoms with Crippen LogP contribution in [0.4, 0.5) is 0 Å². The minimum absolute atomic E-state index is 0.0994. The van der Waals surface area contributed by atoms with Crippen molar-refractivity contribution in [1.82, 2.24) is 5.32 Å². The molecule has 18 heavy (non-hydrogen) atoms. The van der Waals surface area contributed by atoms with Gasteiger partial charge in [-0.2, -0.15) is 0 Å². The van der Waals surface area contributed by atoms with Crippen LogP contribution >= 0.6 is 0 Å². The van der Waals surface area contributed by atoms with Gasteiger partial charge in [0.25, 0.3) is 0 Å². The van der Waals surface area contributed by atoms with Crippen molar-refractivity contribution in [2.24, 2.45) is 5.92 Å². The predicted octanol–water partition coefficient (Wildman–Crippen LogP) is 1.89. The molecule has 1 saturated carbocycles. The van der Waals surface area contributed by atoms with Gasteiger partial charge in [0.05, 0.1) is 19.8 Å². The molecule has 102 valence electrons. The lowest BCUT2D eigenvalue weighted by Crippen LogP contribution is -2.16. The lowest BCUT2D eigenvalue weighted by Gasteiger charge is -2.03. The summed E-state index contributed by atoms with van der Waals surface area (Å²) in [4.78, 5) is 0. The zero-order chi connectivity index (χ0) is 12.8. The average Bonchev–Trinajstić information content (AvgIpc) is 2.91. The Morgan fingerprint density at radius 3 is 3.00 bits per heavy atom. The molecule has 0 aliphatic heterocycles. The number of aliphatic hydroxyl groups is 1. The first-order valence-electron chi connectivity index (χ1n) is 6.79. The third-order valence-electron chi connectivity index (χ3n) is 3.33. The van der Waals surface area contributed by atoms with Gasteiger partial charge in [0.15, 0.2) is 0 Å². The molecule has 2 rings (SSSR count). The minimum Gasteiger partial charge on any atom is -0.464 e. The molecule has 1 heterocycles. The summed E-state index contributed by atoms with van der Waals surface area (Å²) < 4.78 is 11.0. The summed E-state index contributed by atoms with van der Waals surface area (Å²) >= 11 is 0. The van der Waals surface area contributed by atoms with Crippen LogP contribution in [0.3, 0.4) is 0 Å². The fourth-order valence-corrected chi connectivity index (χ4v) is 2.08. The van der Waals surface area contributed by atoms with Crippen molar-refractivity contribution in [3.63, 3.8) is 0 Å². The number of aliphatic hydroxyl groups excluding tert-OH is 1. The summed E-state index contributed by atoms with van der Waals surface area (Å²) in [5, 5.41) is 11.9. The van der Waals surface area contributed by atoms with Crippen LogP contribution in [0.1, 0.15) is 37.2 Å². The van der Waals surface area contributed by atoms with Crippen molar-refractivity contribution in [1.29, 1.82) is 0 Å². The SMILES string of the molecule is CC1CC1c1ccc(CNCCCOCCO)o1. The van der Waals surface area contributed by atoms with Crippen LogP contribution in [0.2, 0.25) is 0 Å². The van der Waals surface area contributed by atoms with Gasteiger partial charge in [0, 0.05) is 12.5 Å². The molecule has 2 unspecified atom stereocenters. The zero-order valence-electron chi connectivity index (χ0n) is 11.0. The topological polar surface area (TPSA) is 54.6 Å². The van der Waals surface area contributed by atoms with Gasteiger partial charge in [-0.15, -0.1) is 0 Å². The van der Waals surface area contributed by atoms with E-state index in [0.29, 0.717) is 19.1 Å². The molecule has 4 nitrogen and oxygen atoms in total. The summed E-state index contributed by atoms with van der Waals surface area (Å²) in [7, 11) is 0. The maximum Gasteiger partial charge on any atom is 0.117 e. The van der Waals surface area contributed by atoms with Gasteiger partial charge in [0.1, 0.15) is 11.5 Å². The summed E-state index contributed by atoms with van der Waals surface area (Å²) in [5.41, 5.74) is 0. The Morgan fingerprint density at radius 1 is 1.44 bits per heavy atom. The molecule has 0 amide bonds. The first kappa shape index (κ1) is 13.6. The van der Waals surface area contributed by atoms with E-state index in [-0.39, 0.29) is 6.61 Å². The Morgan fingerprint density at radius 2 is 2.28 bits per heavy atom. The second-order valence-electron chi connectivity index (χ2n) is 4.99. The molecular formula is C14H23NO3. The molecular weight excluding hydrogens is 230 g/mol. The summed E-state index contributed by atoms with van der Waals surface area (Å²) in [6.45, 7) is 5.17. The Labute approximate surface area is 108 Å². The van der Waals surface area contributed by atoms with Crippen molar-refractivity contribution in [3.8, 4) is 0 Å². The van der Waals surface area contributed by atoms with E-state index < -0.39 is 0 Å². The molecule has 0 spiro atoms. The lowest BCUT2D eigenvalue weighted by atomic mass is 10.3. The van der Waals surface area contributed by atoms with E-state index in [1.807, 2.05) is 0 Å². The van der Waals surface area contributed by atoms with Crippen LogP contribution in [0.15, 0.2) is 16.5 Å². The Kier molecular flexibility index (Phi) is 5.23.